The predicted octanol–water partition coefficient (Wildman–Crippen LogP) is 4.64. The Kier molecular flexibility index (Phi) is 5.34. The third-order valence-electron chi connectivity index (χ3n) is 4.90. The van der Waals surface area contributed by atoms with Gasteiger partial charge in [0.1, 0.15) is 5.78 Å². The molecule has 0 heterocycles. The second-order valence-electron chi connectivity index (χ2n) is 6.80. The van der Waals surface area contributed by atoms with E-state index in [4.69, 9.17) is 11.0 Å². The first kappa shape index (κ1) is 19.8. The lowest BCUT2D eigenvalue weighted by Gasteiger charge is -2.21. The first-order valence-corrected chi connectivity index (χ1v) is 8.74. The minimum atomic E-state index is -4.46. The fourth-order valence-electron chi connectivity index (χ4n) is 3.50. The van der Waals surface area contributed by atoms with Crippen molar-refractivity contribution in [3.63, 3.8) is 0 Å². The Labute approximate surface area is 160 Å². The molecule has 0 aliphatic heterocycles. The highest BCUT2D eigenvalue weighted by atomic mass is 19.4. The number of Topliss-reactive ketones (excluding diaryl/α,β-unsaturated/α-hetero) is 1. The molecular formula is C21H18F3N3O. The van der Waals surface area contributed by atoms with Crippen molar-refractivity contribution in [1.82, 2.24) is 0 Å². The SMILES string of the molecule is Cc1cc(C#N)ccc1C(N)C1C(=O)CCC1=Nc1cccc(C(F)(F)F)c1. The van der Waals surface area contributed by atoms with Crippen molar-refractivity contribution >= 4 is 17.2 Å². The van der Waals surface area contributed by atoms with E-state index >= 15 is 0 Å². The topological polar surface area (TPSA) is 79.2 Å². The average molecular weight is 385 g/mol. The van der Waals surface area contributed by atoms with Crippen LogP contribution in [0.3, 0.4) is 0 Å². The lowest BCUT2D eigenvalue weighted by atomic mass is 9.87. The van der Waals surface area contributed by atoms with Crippen LogP contribution in [0.4, 0.5) is 18.9 Å². The summed E-state index contributed by atoms with van der Waals surface area (Å²) in [4.78, 5) is 16.8. The van der Waals surface area contributed by atoms with Crippen LogP contribution in [0.2, 0.25) is 0 Å². The van der Waals surface area contributed by atoms with Crippen LogP contribution in [0.15, 0.2) is 47.5 Å². The Bertz CT molecular complexity index is 989. The van der Waals surface area contributed by atoms with Crippen LogP contribution in [0.5, 0.6) is 0 Å². The summed E-state index contributed by atoms with van der Waals surface area (Å²) in [6.07, 6.45) is -3.84. The van der Waals surface area contributed by atoms with E-state index in [1.807, 2.05) is 6.07 Å². The number of rotatable bonds is 3. The molecule has 2 unspecified atom stereocenters. The van der Waals surface area contributed by atoms with Gasteiger partial charge in [-0.3, -0.25) is 9.79 Å². The van der Waals surface area contributed by atoms with E-state index in [1.165, 1.54) is 12.1 Å². The number of aliphatic imine (C=N–C) groups is 1. The third-order valence-corrected chi connectivity index (χ3v) is 4.90. The fraction of sp³-hybridized carbons (Fsp3) is 0.286. The number of alkyl halides is 3. The Morgan fingerprint density at radius 3 is 2.61 bits per heavy atom. The Balaban J connectivity index is 1.96. The van der Waals surface area contributed by atoms with Gasteiger partial charge in [0, 0.05) is 18.2 Å². The number of hydrogen-bond donors (Lipinski definition) is 1. The molecule has 1 aliphatic carbocycles. The summed E-state index contributed by atoms with van der Waals surface area (Å²) < 4.78 is 38.8. The van der Waals surface area contributed by atoms with Gasteiger partial charge in [0.05, 0.1) is 28.8 Å². The van der Waals surface area contributed by atoms with Gasteiger partial charge in [-0.2, -0.15) is 18.4 Å². The number of nitriles is 1. The van der Waals surface area contributed by atoms with Crippen LogP contribution in [-0.2, 0) is 11.0 Å². The zero-order valence-corrected chi connectivity index (χ0v) is 15.1. The van der Waals surface area contributed by atoms with Gasteiger partial charge in [-0.05, 0) is 54.8 Å². The molecule has 0 saturated heterocycles. The van der Waals surface area contributed by atoms with E-state index in [0.29, 0.717) is 17.7 Å². The minimum Gasteiger partial charge on any atom is -0.323 e. The Morgan fingerprint density at radius 2 is 1.96 bits per heavy atom. The third kappa shape index (κ3) is 3.97. The average Bonchev–Trinajstić information content (AvgIpc) is 3.00. The summed E-state index contributed by atoms with van der Waals surface area (Å²) >= 11 is 0. The molecule has 1 fully saturated rings. The number of carbonyl (C=O) groups excluding carboxylic acids is 1. The number of carbonyl (C=O) groups is 1. The van der Waals surface area contributed by atoms with Crippen LogP contribution in [0.25, 0.3) is 0 Å². The minimum absolute atomic E-state index is 0.0815. The van der Waals surface area contributed by atoms with Crippen LogP contribution in [-0.4, -0.2) is 11.5 Å². The van der Waals surface area contributed by atoms with E-state index in [9.17, 15) is 18.0 Å². The fourth-order valence-corrected chi connectivity index (χ4v) is 3.50. The highest BCUT2D eigenvalue weighted by Crippen LogP contribution is 2.35. The second-order valence-corrected chi connectivity index (χ2v) is 6.80. The first-order valence-electron chi connectivity index (χ1n) is 8.74. The van der Waals surface area contributed by atoms with Crippen molar-refractivity contribution in [1.29, 1.82) is 5.26 Å². The number of benzene rings is 2. The van der Waals surface area contributed by atoms with E-state index < -0.39 is 23.7 Å². The first-order chi connectivity index (χ1) is 13.2. The smallest absolute Gasteiger partial charge is 0.323 e. The van der Waals surface area contributed by atoms with Crippen molar-refractivity contribution in [2.45, 2.75) is 32.0 Å². The van der Waals surface area contributed by atoms with Gasteiger partial charge in [-0.1, -0.05) is 12.1 Å². The Hall–Kier alpha value is -2.98. The maximum Gasteiger partial charge on any atom is 0.416 e. The second kappa shape index (κ2) is 7.56. The largest absolute Gasteiger partial charge is 0.416 e. The van der Waals surface area contributed by atoms with Gasteiger partial charge in [0.15, 0.2) is 0 Å². The quantitative estimate of drug-likeness (QED) is 0.836. The molecule has 2 N–H and O–H groups in total. The number of nitrogens with two attached hydrogens (primary N) is 1. The highest BCUT2D eigenvalue weighted by molar-refractivity contribution is 6.12. The molecule has 0 spiro atoms. The molecule has 144 valence electrons. The molecule has 2 atom stereocenters. The van der Waals surface area contributed by atoms with E-state index in [1.54, 1.807) is 25.1 Å². The summed E-state index contributed by atoms with van der Waals surface area (Å²) in [7, 11) is 0. The molecule has 1 saturated carbocycles. The number of hydrogen-bond acceptors (Lipinski definition) is 4. The lowest BCUT2D eigenvalue weighted by molar-refractivity contribution is -0.137. The summed E-state index contributed by atoms with van der Waals surface area (Å²) in [5.41, 5.74) is 8.20. The zero-order valence-electron chi connectivity index (χ0n) is 15.1. The lowest BCUT2D eigenvalue weighted by Crippen LogP contribution is -2.30. The van der Waals surface area contributed by atoms with Crippen molar-refractivity contribution < 1.29 is 18.0 Å². The van der Waals surface area contributed by atoms with Crippen molar-refractivity contribution in [2.24, 2.45) is 16.6 Å². The summed E-state index contributed by atoms with van der Waals surface area (Å²) in [6.45, 7) is 1.80. The molecule has 7 heteroatoms. The van der Waals surface area contributed by atoms with E-state index in [-0.39, 0.29) is 17.9 Å². The van der Waals surface area contributed by atoms with E-state index in [2.05, 4.69) is 4.99 Å². The normalized spacial score (nSPS) is 19.6. The number of aryl methyl sites for hydroxylation is 1. The molecule has 3 rings (SSSR count). The van der Waals surface area contributed by atoms with Gasteiger partial charge in [-0.15, -0.1) is 0 Å². The predicted molar refractivity (Wildman–Crippen MR) is 99.1 cm³/mol. The summed E-state index contributed by atoms with van der Waals surface area (Å²) in [6, 6.07) is 11.1. The molecule has 0 bridgehead atoms. The molecule has 1 aliphatic rings. The van der Waals surface area contributed by atoms with Gasteiger partial charge < -0.3 is 5.73 Å². The van der Waals surface area contributed by atoms with Gasteiger partial charge >= 0.3 is 6.18 Å². The van der Waals surface area contributed by atoms with Crippen LogP contribution in [0.1, 0.15) is 41.1 Å². The molecule has 2 aromatic rings. The molecule has 28 heavy (non-hydrogen) atoms. The molecule has 0 aromatic heterocycles. The zero-order chi connectivity index (χ0) is 20.5. The summed E-state index contributed by atoms with van der Waals surface area (Å²) in [5.74, 6) is -0.775. The number of nitrogens with zero attached hydrogens (tertiary/aromatic N) is 2. The molecule has 2 aromatic carbocycles. The Morgan fingerprint density at radius 1 is 1.21 bits per heavy atom. The molecule has 0 amide bonds. The molecule has 0 radical (unpaired) electrons. The summed E-state index contributed by atoms with van der Waals surface area (Å²) in [5, 5.41) is 9.00. The maximum absolute atomic E-state index is 12.9. The van der Waals surface area contributed by atoms with Crippen molar-refractivity contribution in [3.05, 3.63) is 64.7 Å². The maximum atomic E-state index is 12.9. The monoisotopic (exact) mass is 385 g/mol. The number of halogens is 3. The van der Waals surface area contributed by atoms with E-state index in [0.717, 1.165) is 23.3 Å². The van der Waals surface area contributed by atoms with Gasteiger partial charge in [0.2, 0.25) is 0 Å². The highest BCUT2D eigenvalue weighted by Gasteiger charge is 2.37. The van der Waals surface area contributed by atoms with Crippen LogP contribution >= 0.6 is 0 Å². The number of ketones is 1. The molecule has 4 nitrogen and oxygen atoms in total. The van der Waals surface area contributed by atoms with Crippen molar-refractivity contribution in [3.8, 4) is 6.07 Å². The van der Waals surface area contributed by atoms with Crippen LogP contribution in [0, 0.1) is 24.2 Å². The van der Waals surface area contributed by atoms with Gasteiger partial charge in [0.25, 0.3) is 0 Å². The van der Waals surface area contributed by atoms with Gasteiger partial charge in [-0.25, -0.2) is 0 Å². The van der Waals surface area contributed by atoms with Crippen molar-refractivity contribution in [2.75, 3.05) is 0 Å². The van der Waals surface area contributed by atoms with Crippen LogP contribution < -0.4 is 5.73 Å². The molecular weight excluding hydrogens is 367 g/mol. The standard InChI is InChI=1S/C21H18F3N3O/c1-12-9-13(11-25)5-6-16(12)20(26)19-17(7-8-18(19)28)27-15-4-2-3-14(10-15)21(22,23)24/h2-6,9-10,19-20H,7-8,26H2,1H3.